The summed E-state index contributed by atoms with van der Waals surface area (Å²) in [6.45, 7) is 0. The van der Waals surface area contributed by atoms with Gasteiger partial charge in [0.1, 0.15) is 0 Å². The molecule has 2 rings (SSSR count). The molecule has 0 radical (unpaired) electrons. The third kappa shape index (κ3) is 2.98. The summed E-state index contributed by atoms with van der Waals surface area (Å²) in [5, 5.41) is 22.4. The first-order valence-electron chi connectivity index (χ1n) is 5.40. The number of hydrogen-bond acceptors (Lipinski definition) is 5. The lowest BCUT2D eigenvalue weighted by Crippen LogP contribution is -1.96. The highest BCUT2D eigenvalue weighted by molar-refractivity contribution is 5.67. The van der Waals surface area contributed by atoms with Crippen LogP contribution in [-0.4, -0.2) is 4.92 Å². The molecule has 6 nitrogen and oxygen atoms in total. The van der Waals surface area contributed by atoms with E-state index in [1.54, 1.807) is 30.3 Å². The van der Waals surface area contributed by atoms with Crippen molar-refractivity contribution in [1.29, 1.82) is 5.26 Å². The van der Waals surface area contributed by atoms with Gasteiger partial charge in [-0.1, -0.05) is 0 Å². The molecule has 0 saturated heterocycles. The number of nitrogens with one attached hydrogen (secondary N) is 1. The first kappa shape index (κ1) is 12.4. The van der Waals surface area contributed by atoms with Crippen LogP contribution in [0.25, 0.3) is 0 Å². The lowest BCUT2D eigenvalue weighted by atomic mass is 10.2. The minimum absolute atomic E-state index is 0.0730. The molecule has 0 fully saturated rings. The average Bonchev–Trinajstić information content (AvgIpc) is 2.39. The number of non-ortho nitro benzene ring substituents is 1. The lowest BCUT2D eigenvalue weighted by Gasteiger charge is -2.07. The van der Waals surface area contributed by atoms with Gasteiger partial charge in [0, 0.05) is 29.2 Å². The van der Waals surface area contributed by atoms with Gasteiger partial charge in [-0.3, -0.25) is 10.1 Å². The molecule has 94 valence electrons. The number of nitro benzene ring substituents is 1. The number of nitriles is 1. The number of rotatable bonds is 3. The summed E-state index contributed by atoms with van der Waals surface area (Å²) in [6.07, 6.45) is 0. The largest absolute Gasteiger partial charge is 0.398 e. The van der Waals surface area contributed by atoms with Gasteiger partial charge in [0.25, 0.3) is 5.69 Å². The Hall–Kier alpha value is -3.07. The molecule has 0 spiro atoms. The maximum Gasteiger partial charge on any atom is 0.273 e. The fourth-order valence-corrected chi connectivity index (χ4v) is 1.61. The van der Waals surface area contributed by atoms with E-state index in [1.807, 2.05) is 6.07 Å². The molecular weight excluding hydrogens is 244 g/mol. The molecule has 0 saturated carbocycles. The van der Waals surface area contributed by atoms with Crippen LogP contribution in [-0.2, 0) is 0 Å². The fourth-order valence-electron chi connectivity index (χ4n) is 1.61. The Morgan fingerprint density at radius 3 is 2.42 bits per heavy atom. The SMILES string of the molecule is N#Cc1ccc(Nc2cc(N)cc([N+](=O)[O-])c2)cc1. The van der Waals surface area contributed by atoms with Gasteiger partial charge in [0.15, 0.2) is 0 Å². The molecule has 0 bridgehead atoms. The van der Waals surface area contributed by atoms with Crippen LogP contribution in [0.3, 0.4) is 0 Å². The Morgan fingerprint density at radius 2 is 1.84 bits per heavy atom. The molecule has 0 aliphatic heterocycles. The van der Waals surface area contributed by atoms with E-state index in [1.165, 1.54) is 12.1 Å². The third-order valence-corrected chi connectivity index (χ3v) is 2.45. The normalized spacial score (nSPS) is 9.63. The maximum absolute atomic E-state index is 10.7. The molecule has 2 aromatic carbocycles. The quantitative estimate of drug-likeness (QED) is 0.497. The number of nitrogens with two attached hydrogens (primary N) is 1. The first-order chi connectivity index (χ1) is 9.08. The van der Waals surface area contributed by atoms with Crippen molar-refractivity contribution < 1.29 is 4.92 Å². The number of hydrogen-bond donors (Lipinski definition) is 2. The molecule has 0 amide bonds. The van der Waals surface area contributed by atoms with E-state index >= 15 is 0 Å². The van der Waals surface area contributed by atoms with Crippen molar-refractivity contribution in [1.82, 2.24) is 0 Å². The predicted octanol–water partition coefficient (Wildman–Crippen LogP) is 2.79. The number of anilines is 3. The van der Waals surface area contributed by atoms with Crippen LogP contribution in [0.1, 0.15) is 5.56 Å². The summed E-state index contributed by atoms with van der Waals surface area (Å²) < 4.78 is 0. The van der Waals surface area contributed by atoms with Gasteiger partial charge in [-0.05, 0) is 30.3 Å². The Balaban J connectivity index is 2.27. The van der Waals surface area contributed by atoms with E-state index in [2.05, 4.69) is 5.32 Å². The van der Waals surface area contributed by atoms with Crippen LogP contribution in [0.5, 0.6) is 0 Å². The standard InChI is InChI=1S/C13H10N4O2/c14-8-9-1-3-11(4-2-9)16-12-5-10(15)6-13(7-12)17(18)19/h1-7,16H,15H2. The topological polar surface area (TPSA) is 105 Å². The molecule has 0 unspecified atom stereocenters. The highest BCUT2D eigenvalue weighted by Gasteiger charge is 2.08. The zero-order valence-corrected chi connectivity index (χ0v) is 9.83. The van der Waals surface area contributed by atoms with E-state index in [0.29, 0.717) is 16.9 Å². The third-order valence-electron chi connectivity index (χ3n) is 2.45. The molecule has 6 heteroatoms. The highest BCUT2D eigenvalue weighted by atomic mass is 16.6. The molecule has 2 aromatic rings. The van der Waals surface area contributed by atoms with Crippen molar-refractivity contribution in [2.75, 3.05) is 11.1 Å². The Kier molecular flexibility index (Phi) is 3.30. The van der Waals surface area contributed by atoms with Crippen LogP contribution >= 0.6 is 0 Å². The highest BCUT2D eigenvalue weighted by Crippen LogP contribution is 2.25. The molecule has 0 atom stereocenters. The second-order valence-corrected chi connectivity index (χ2v) is 3.88. The van der Waals surface area contributed by atoms with Crippen molar-refractivity contribution in [3.63, 3.8) is 0 Å². The smallest absolute Gasteiger partial charge is 0.273 e. The summed E-state index contributed by atoms with van der Waals surface area (Å²) in [4.78, 5) is 10.2. The summed E-state index contributed by atoms with van der Waals surface area (Å²) in [7, 11) is 0. The van der Waals surface area contributed by atoms with E-state index in [9.17, 15) is 10.1 Å². The molecule has 0 heterocycles. The van der Waals surface area contributed by atoms with Gasteiger partial charge in [-0.2, -0.15) is 5.26 Å². The van der Waals surface area contributed by atoms with Crippen molar-refractivity contribution in [3.05, 3.63) is 58.1 Å². The monoisotopic (exact) mass is 254 g/mol. The summed E-state index contributed by atoms with van der Waals surface area (Å²) >= 11 is 0. The lowest BCUT2D eigenvalue weighted by molar-refractivity contribution is -0.384. The molecule has 19 heavy (non-hydrogen) atoms. The zero-order valence-electron chi connectivity index (χ0n) is 9.83. The summed E-state index contributed by atoms with van der Waals surface area (Å²) in [5.41, 5.74) is 7.64. The van der Waals surface area contributed by atoms with Gasteiger partial charge >= 0.3 is 0 Å². The van der Waals surface area contributed by atoms with E-state index in [-0.39, 0.29) is 5.69 Å². The minimum atomic E-state index is -0.500. The van der Waals surface area contributed by atoms with E-state index < -0.39 is 4.92 Å². The van der Waals surface area contributed by atoms with Crippen LogP contribution in [0.2, 0.25) is 0 Å². The van der Waals surface area contributed by atoms with Crippen molar-refractivity contribution in [2.45, 2.75) is 0 Å². The van der Waals surface area contributed by atoms with Gasteiger partial charge in [0.05, 0.1) is 16.6 Å². The van der Waals surface area contributed by atoms with Gasteiger partial charge in [-0.25, -0.2) is 0 Å². The Labute approximate surface area is 109 Å². The van der Waals surface area contributed by atoms with Crippen molar-refractivity contribution in [2.24, 2.45) is 0 Å². The van der Waals surface area contributed by atoms with Crippen molar-refractivity contribution >= 4 is 22.7 Å². The minimum Gasteiger partial charge on any atom is -0.398 e. The van der Waals surface area contributed by atoms with E-state index in [4.69, 9.17) is 11.0 Å². The van der Waals surface area contributed by atoms with Gasteiger partial charge < -0.3 is 11.1 Å². The molecule has 0 aliphatic rings. The molecular formula is C13H10N4O2. The van der Waals surface area contributed by atoms with Crippen LogP contribution < -0.4 is 11.1 Å². The number of nitrogen functional groups attached to an aromatic ring is 1. The van der Waals surface area contributed by atoms with E-state index in [0.717, 1.165) is 5.69 Å². The van der Waals surface area contributed by atoms with Crippen LogP contribution in [0.15, 0.2) is 42.5 Å². The second-order valence-electron chi connectivity index (χ2n) is 3.88. The second kappa shape index (κ2) is 5.06. The average molecular weight is 254 g/mol. The Bertz CT molecular complexity index is 659. The zero-order chi connectivity index (χ0) is 13.8. The van der Waals surface area contributed by atoms with Crippen LogP contribution in [0, 0.1) is 21.4 Å². The molecule has 3 N–H and O–H groups in total. The Morgan fingerprint density at radius 1 is 1.16 bits per heavy atom. The maximum atomic E-state index is 10.7. The number of benzene rings is 2. The molecule has 0 aromatic heterocycles. The van der Waals surface area contributed by atoms with Crippen LogP contribution in [0.4, 0.5) is 22.7 Å². The summed E-state index contributed by atoms with van der Waals surface area (Å²) in [5.74, 6) is 0. The van der Waals surface area contributed by atoms with Gasteiger partial charge in [-0.15, -0.1) is 0 Å². The predicted molar refractivity (Wildman–Crippen MR) is 71.9 cm³/mol. The fraction of sp³-hybridized carbons (Fsp3) is 0. The first-order valence-corrected chi connectivity index (χ1v) is 5.40. The number of nitrogens with zero attached hydrogens (tertiary/aromatic N) is 2. The number of nitro groups is 1. The van der Waals surface area contributed by atoms with Gasteiger partial charge in [0.2, 0.25) is 0 Å². The molecule has 0 aliphatic carbocycles. The van der Waals surface area contributed by atoms with Crippen molar-refractivity contribution in [3.8, 4) is 6.07 Å². The summed E-state index contributed by atoms with van der Waals surface area (Å²) in [6, 6.07) is 13.1.